The van der Waals surface area contributed by atoms with Crippen LogP contribution in [0.2, 0.25) is 0 Å². The van der Waals surface area contributed by atoms with E-state index in [-0.39, 0.29) is 10.6 Å². The zero-order valence-electron chi connectivity index (χ0n) is 18.5. The third-order valence-corrected chi connectivity index (χ3v) is 8.58. The van der Waals surface area contributed by atoms with Crippen molar-refractivity contribution in [1.29, 1.82) is 0 Å². The molecule has 0 aliphatic carbocycles. The summed E-state index contributed by atoms with van der Waals surface area (Å²) in [5.41, 5.74) is 3.99. The molecule has 0 aliphatic rings. The Morgan fingerprint density at radius 2 is 1.94 bits per heavy atom. The number of aromatic nitrogens is 2. The van der Waals surface area contributed by atoms with E-state index in [0.29, 0.717) is 16.7 Å². The molecular weight excluding hydrogens is 457 g/mol. The molecule has 0 saturated heterocycles. The Labute approximate surface area is 196 Å². The highest BCUT2D eigenvalue weighted by molar-refractivity contribution is 7.68. The van der Waals surface area contributed by atoms with E-state index in [4.69, 9.17) is 4.52 Å². The molecular formula is C24H24N3O4PS. The normalized spacial score (nSPS) is 12.9. The molecule has 33 heavy (non-hydrogen) atoms. The maximum absolute atomic E-state index is 13.7. The zero-order valence-corrected chi connectivity index (χ0v) is 20.2. The summed E-state index contributed by atoms with van der Waals surface area (Å²) in [6.45, 7) is 4.41. The van der Waals surface area contributed by atoms with E-state index in [1.54, 1.807) is 23.0 Å². The molecule has 9 heteroatoms. The molecule has 170 valence electrons. The summed E-state index contributed by atoms with van der Waals surface area (Å²) >= 11 is 1.10. The van der Waals surface area contributed by atoms with Crippen LogP contribution in [0.5, 0.6) is 0 Å². The molecule has 2 aromatic heterocycles. The van der Waals surface area contributed by atoms with Crippen molar-refractivity contribution >= 4 is 35.8 Å². The zero-order chi connectivity index (χ0) is 23.6. The summed E-state index contributed by atoms with van der Waals surface area (Å²) in [4.78, 5) is 12.7. The molecule has 0 bridgehead atoms. The Bertz CT molecular complexity index is 1350. The maximum atomic E-state index is 13.7. The average Bonchev–Trinajstić information content (AvgIpc) is 3.41. The predicted molar refractivity (Wildman–Crippen MR) is 132 cm³/mol. The van der Waals surface area contributed by atoms with Crippen molar-refractivity contribution in [3.05, 3.63) is 88.6 Å². The summed E-state index contributed by atoms with van der Waals surface area (Å²) in [7, 11) is -2.19. The van der Waals surface area contributed by atoms with Gasteiger partial charge in [0.25, 0.3) is 0 Å². The highest BCUT2D eigenvalue weighted by atomic mass is 32.1. The van der Waals surface area contributed by atoms with E-state index in [9.17, 15) is 14.5 Å². The lowest BCUT2D eigenvalue weighted by molar-refractivity contribution is 0.0703. The number of carboxylic acids is 1. The van der Waals surface area contributed by atoms with Crippen LogP contribution in [0.25, 0.3) is 10.4 Å². The van der Waals surface area contributed by atoms with Crippen LogP contribution in [0.1, 0.15) is 26.4 Å². The topological polar surface area (TPSA) is 93.5 Å². The van der Waals surface area contributed by atoms with Gasteiger partial charge in [0.2, 0.25) is 0 Å². The van der Waals surface area contributed by atoms with Crippen molar-refractivity contribution in [3.63, 3.8) is 0 Å². The average molecular weight is 482 g/mol. The third-order valence-electron chi connectivity index (χ3n) is 5.23. The summed E-state index contributed by atoms with van der Waals surface area (Å²) in [5.74, 6) is -1.10. The molecule has 4 aromatic rings. The SMILES string of the molecule is COP(=O)(Nc1cc(-c2cnn(Cc3ccccc3)c2)sc1C(=O)O)c1ccc(C)cc1C. The fraction of sp³-hybridized carbons (Fsp3) is 0.167. The van der Waals surface area contributed by atoms with Crippen LogP contribution in [-0.2, 0) is 15.6 Å². The number of aromatic carboxylic acids is 1. The molecule has 1 atom stereocenters. The van der Waals surface area contributed by atoms with Crippen molar-refractivity contribution in [3.8, 4) is 10.4 Å². The van der Waals surface area contributed by atoms with Gasteiger partial charge < -0.3 is 14.7 Å². The van der Waals surface area contributed by atoms with E-state index in [1.165, 1.54) is 7.11 Å². The van der Waals surface area contributed by atoms with Crippen molar-refractivity contribution in [2.75, 3.05) is 12.2 Å². The van der Waals surface area contributed by atoms with E-state index in [2.05, 4.69) is 10.2 Å². The van der Waals surface area contributed by atoms with Crippen LogP contribution in [0.15, 0.2) is 67.0 Å². The number of anilines is 1. The molecule has 0 fully saturated rings. The first-order valence-electron chi connectivity index (χ1n) is 10.2. The molecule has 1 unspecified atom stereocenters. The second kappa shape index (κ2) is 9.35. The number of hydrogen-bond acceptors (Lipinski definition) is 5. The van der Waals surface area contributed by atoms with Crippen LogP contribution in [0.3, 0.4) is 0 Å². The lowest BCUT2D eigenvalue weighted by Gasteiger charge is -2.20. The summed E-state index contributed by atoms with van der Waals surface area (Å²) in [5, 5.41) is 17.6. The molecule has 2 N–H and O–H groups in total. The molecule has 0 aliphatic heterocycles. The van der Waals surface area contributed by atoms with Crippen molar-refractivity contribution in [2.45, 2.75) is 20.4 Å². The van der Waals surface area contributed by atoms with E-state index >= 15 is 0 Å². The van der Waals surface area contributed by atoms with Crippen LogP contribution >= 0.6 is 18.9 Å². The monoisotopic (exact) mass is 481 g/mol. The first-order chi connectivity index (χ1) is 15.8. The molecule has 2 aromatic carbocycles. The number of carboxylic acid groups (broad SMARTS) is 1. The first-order valence-corrected chi connectivity index (χ1v) is 12.7. The van der Waals surface area contributed by atoms with Crippen LogP contribution in [-0.4, -0.2) is 28.0 Å². The molecule has 0 amide bonds. The summed E-state index contributed by atoms with van der Waals surface area (Å²) in [6.07, 6.45) is 3.57. The molecule has 0 saturated carbocycles. The number of thiophene rings is 1. The number of carbonyl (C=O) groups is 1. The Balaban J connectivity index is 1.66. The number of nitrogens with zero attached hydrogens (tertiary/aromatic N) is 2. The second-order valence-electron chi connectivity index (χ2n) is 7.71. The maximum Gasteiger partial charge on any atom is 0.348 e. The van der Waals surface area contributed by atoms with E-state index in [0.717, 1.165) is 33.6 Å². The van der Waals surface area contributed by atoms with Crippen LogP contribution in [0, 0.1) is 13.8 Å². The van der Waals surface area contributed by atoms with Gasteiger partial charge in [0.1, 0.15) is 4.88 Å². The van der Waals surface area contributed by atoms with Gasteiger partial charge in [-0.1, -0.05) is 48.0 Å². The van der Waals surface area contributed by atoms with Gasteiger partial charge in [0, 0.05) is 23.7 Å². The Hall–Kier alpha value is -3.19. The first kappa shape index (κ1) is 23.0. The molecule has 2 heterocycles. The van der Waals surface area contributed by atoms with Crippen molar-refractivity contribution in [1.82, 2.24) is 9.78 Å². The van der Waals surface area contributed by atoms with Gasteiger partial charge >= 0.3 is 13.5 Å². The smallest absolute Gasteiger partial charge is 0.348 e. The van der Waals surface area contributed by atoms with Gasteiger partial charge in [-0.2, -0.15) is 5.10 Å². The lowest BCUT2D eigenvalue weighted by Crippen LogP contribution is -2.17. The quantitative estimate of drug-likeness (QED) is 0.321. The number of aryl methyl sites for hydroxylation is 2. The predicted octanol–water partition coefficient (Wildman–Crippen LogP) is 5.55. The van der Waals surface area contributed by atoms with Crippen molar-refractivity contribution < 1.29 is 19.0 Å². The fourth-order valence-corrected chi connectivity index (χ4v) is 6.33. The van der Waals surface area contributed by atoms with Gasteiger partial charge in [-0.15, -0.1) is 11.3 Å². The highest BCUT2D eigenvalue weighted by Gasteiger charge is 2.30. The number of nitrogens with one attached hydrogen (secondary N) is 1. The summed E-state index contributed by atoms with van der Waals surface area (Å²) in [6, 6.07) is 17.2. The molecule has 4 rings (SSSR count). The van der Waals surface area contributed by atoms with Crippen molar-refractivity contribution in [2.24, 2.45) is 0 Å². The minimum absolute atomic E-state index is 0.0582. The number of benzene rings is 2. The minimum atomic E-state index is -3.54. The van der Waals surface area contributed by atoms with Gasteiger partial charge in [-0.25, -0.2) is 4.79 Å². The van der Waals surface area contributed by atoms with Crippen LogP contribution < -0.4 is 10.4 Å². The molecule has 7 nitrogen and oxygen atoms in total. The Morgan fingerprint density at radius 1 is 1.18 bits per heavy atom. The fourth-order valence-electron chi connectivity index (χ4n) is 3.62. The van der Waals surface area contributed by atoms with Gasteiger partial charge in [0.05, 0.1) is 23.7 Å². The lowest BCUT2D eigenvalue weighted by atomic mass is 10.2. The van der Waals surface area contributed by atoms with Gasteiger partial charge in [-0.3, -0.25) is 9.25 Å². The molecule has 0 spiro atoms. The third kappa shape index (κ3) is 4.93. The summed E-state index contributed by atoms with van der Waals surface area (Å²) < 4.78 is 20.9. The van der Waals surface area contributed by atoms with E-state index < -0.39 is 13.5 Å². The Morgan fingerprint density at radius 3 is 2.61 bits per heavy atom. The highest BCUT2D eigenvalue weighted by Crippen LogP contribution is 2.48. The van der Waals surface area contributed by atoms with E-state index in [1.807, 2.05) is 62.5 Å². The largest absolute Gasteiger partial charge is 0.477 e. The molecule has 0 radical (unpaired) electrons. The minimum Gasteiger partial charge on any atom is -0.477 e. The number of hydrogen-bond donors (Lipinski definition) is 2. The second-order valence-corrected chi connectivity index (χ2v) is 10.9. The van der Waals surface area contributed by atoms with Crippen LogP contribution in [0.4, 0.5) is 5.69 Å². The van der Waals surface area contributed by atoms with Gasteiger partial charge in [0.15, 0.2) is 0 Å². The standard InChI is InChI=1S/C24H24N3O4PS/c1-16-9-10-21(17(2)11-16)32(30,31-3)26-20-12-22(33-23(20)24(28)29)19-13-25-27(15-19)14-18-7-5-4-6-8-18/h4-13,15H,14H2,1-3H3,(H,26,30)(H,28,29). The number of rotatable bonds is 8. The Kier molecular flexibility index (Phi) is 6.51. The van der Waals surface area contributed by atoms with Gasteiger partial charge in [-0.05, 0) is 37.1 Å².